The zero-order valence-corrected chi connectivity index (χ0v) is 9.78. The van der Waals surface area contributed by atoms with Crippen LogP contribution >= 0.6 is 0 Å². The van der Waals surface area contributed by atoms with Crippen molar-refractivity contribution in [3.63, 3.8) is 0 Å². The van der Waals surface area contributed by atoms with Crippen LogP contribution in [0.15, 0.2) is 6.20 Å². The van der Waals surface area contributed by atoms with E-state index in [-0.39, 0.29) is 6.04 Å². The van der Waals surface area contributed by atoms with Gasteiger partial charge in [0.1, 0.15) is 0 Å². The van der Waals surface area contributed by atoms with Crippen LogP contribution in [0.3, 0.4) is 0 Å². The van der Waals surface area contributed by atoms with Crippen LogP contribution in [-0.2, 0) is 0 Å². The van der Waals surface area contributed by atoms with Gasteiger partial charge in [0.2, 0.25) is 0 Å². The molecule has 0 aliphatic rings. The number of rotatable bonds is 3. The first-order valence-electron chi connectivity index (χ1n) is 5.24. The highest BCUT2D eigenvalue weighted by Crippen LogP contribution is 2.22. The summed E-state index contributed by atoms with van der Waals surface area (Å²) in [6.07, 6.45) is 1.89. The maximum atomic E-state index is 5.85. The van der Waals surface area contributed by atoms with Crippen molar-refractivity contribution in [1.29, 1.82) is 0 Å². The summed E-state index contributed by atoms with van der Waals surface area (Å²) in [6, 6.07) is 0.505. The highest BCUT2D eigenvalue weighted by molar-refractivity contribution is 5.19. The third-order valence-electron chi connectivity index (χ3n) is 2.92. The summed E-state index contributed by atoms with van der Waals surface area (Å²) >= 11 is 0. The van der Waals surface area contributed by atoms with Crippen molar-refractivity contribution >= 4 is 0 Å². The Balaban J connectivity index is 3.00. The van der Waals surface area contributed by atoms with E-state index in [2.05, 4.69) is 37.5 Å². The summed E-state index contributed by atoms with van der Waals surface area (Å²) in [5.74, 6) is 0.592. The maximum Gasteiger partial charge on any atom is 0.0540 e. The summed E-state index contributed by atoms with van der Waals surface area (Å²) in [5, 5.41) is 4.39. The summed E-state index contributed by atoms with van der Waals surface area (Å²) in [5.41, 5.74) is 8.20. The lowest BCUT2D eigenvalue weighted by Gasteiger charge is -2.18. The van der Waals surface area contributed by atoms with Gasteiger partial charge in [0.05, 0.1) is 12.2 Å². The second-order valence-electron chi connectivity index (χ2n) is 4.40. The van der Waals surface area contributed by atoms with Gasteiger partial charge in [0, 0.05) is 17.3 Å². The minimum absolute atomic E-state index is 0.0723. The molecule has 0 aliphatic carbocycles. The molecule has 2 atom stereocenters. The predicted molar refractivity (Wildman–Crippen MR) is 59.1 cm³/mol. The molecule has 1 aromatic heterocycles. The van der Waals surface area contributed by atoms with E-state index in [1.165, 1.54) is 5.69 Å². The summed E-state index contributed by atoms with van der Waals surface area (Å²) in [6.45, 7) is 10.7. The lowest BCUT2D eigenvalue weighted by atomic mass is 10.1. The van der Waals surface area contributed by atoms with Crippen molar-refractivity contribution in [2.75, 3.05) is 0 Å². The fraction of sp³-hybridized carbons (Fsp3) is 0.727. The van der Waals surface area contributed by atoms with Gasteiger partial charge in [-0.05, 0) is 26.7 Å². The minimum Gasteiger partial charge on any atom is -0.324 e. The first-order valence-corrected chi connectivity index (χ1v) is 5.24. The molecule has 0 bridgehead atoms. The second kappa shape index (κ2) is 4.13. The van der Waals surface area contributed by atoms with Crippen LogP contribution < -0.4 is 5.73 Å². The molecule has 0 saturated carbocycles. The minimum atomic E-state index is 0.0723. The van der Waals surface area contributed by atoms with Gasteiger partial charge in [-0.2, -0.15) is 5.10 Å². The molecule has 3 nitrogen and oxygen atoms in total. The molecule has 0 aromatic carbocycles. The van der Waals surface area contributed by atoms with Gasteiger partial charge in [0.15, 0.2) is 0 Å². The number of hydrogen-bond donors (Lipinski definition) is 1. The van der Waals surface area contributed by atoms with Crippen LogP contribution in [0.2, 0.25) is 0 Å². The van der Waals surface area contributed by atoms with Crippen molar-refractivity contribution in [2.45, 2.75) is 46.7 Å². The Bertz CT molecular complexity index is 299. The van der Waals surface area contributed by atoms with Gasteiger partial charge in [-0.3, -0.25) is 4.68 Å². The maximum absolute atomic E-state index is 5.85. The molecule has 80 valence electrons. The molecule has 0 aliphatic heterocycles. The predicted octanol–water partition coefficient (Wildman–Crippen LogP) is 2.43. The van der Waals surface area contributed by atoms with Crippen molar-refractivity contribution in [3.8, 4) is 0 Å². The summed E-state index contributed by atoms with van der Waals surface area (Å²) in [4.78, 5) is 0. The Hall–Kier alpha value is -0.830. The van der Waals surface area contributed by atoms with E-state index in [9.17, 15) is 0 Å². The average molecular weight is 195 g/mol. The number of nitrogens with two attached hydrogens (primary N) is 1. The van der Waals surface area contributed by atoms with Crippen molar-refractivity contribution < 1.29 is 0 Å². The highest BCUT2D eigenvalue weighted by atomic mass is 15.3. The second-order valence-corrected chi connectivity index (χ2v) is 4.40. The van der Waals surface area contributed by atoms with Gasteiger partial charge >= 0.3 is 0 Å². The lowest BCUT2D eigenvalue weighted by molar-refractivity contribution is 0.368. The Morgan fingerprint density at radius 2 is 1.86 bits per heavy atom. The molecule has 0 spiro atoms. The van der Waals surface area contributed by atoms with Gasteiger partial charge in [0.25, 0.3) is 0 Å². The van der Waals surface area contributed by atoms with Gasteiger partial charge in [-0.1, -0.05) is 13.8 Å². The molecule has 1 rings (SSSR count). The quantitative estimate of drug-likeness (QED) is 0.805. The van der Waals surface area contributed by atoms with Gasteiger partial charge in [-0.25, -0.2) is 0 Å². The summed E-state index contributed by atoms with van der Waals surface area (Å²) < 4.78 is 2.07. The van der Waals surface area contributed by atoms with Crippen LogP contribution in [-0.4, -0.2) is 9.78 Å². The molecule has 1 heterocycles. The van der Waals surface area contributed by atoms with Crippen LogP contribution in [0.25, 0.3) is 0 Å². The fourth-order valence-electron chi connectivity index (χ4n) is 1.58. The zero-order chi connectivity index (χ0) is 10.9. The lowest BCUT2D eigenvalue weighted by Crippen LogP contribution is -2.15. The van der Waals surface area contributed by atoms with Crippen molar-refractivity contribution in [1.82, 2.24) is 9.78 Å². The smallest absolute Gasteiger partial charge is 0.0540 e. The normalized spacial score (nSPS) is 15.9. The SMILES string of the molecule is Cc1c(C(C)N)cnn1C(C)C(C)C. The van der Waals surface area contributed by atoms with E-state index in [4.69, 9.17) is 5.73 Å². The molecular formula is C11H21N3. The van der Waals surface area contributed by atoms with E-state index in [1.54, 1.807) is 0 Å². The molecule has 2 unspecified atom stereocenters. The zero-order valence-electron chi connectivity index (χ0n) is 9.78. The van der Waals surface area contributed by atoms with Crippen LogP contribution in [0.5, 0.6) is 0 Å². The molecule has 3 heteroatoms. The number of hydrogen-bond acceptors (Lipinski definition) is 2. The molecule has 0 amide bonds. The van der Waals surface area contributed by atoms with E-state index in [0.717, 1.165) is 5.56 Å². The summed E-state index contributed by atoms with van der Waals surface area (Å²) in [7, 11) is 0. The van der Waals surface area contributed by atoms with E-state index >= 15 is 0 Å². The first kappa shape index (κ1) is 11.2. The largest absolute Gasteiger partial charge is 0.324 e. The number of nitrogens with zero attached hydrogens (tertiary/aromatic N) is 2. The molecule has 0 saturated heterocycles. The van der Waals surface area contributed by atoms with Crippen molar-refractivity contribution in [3.05, 3.63) is 17.5 Å². The van der Waals surface area contributed by atoms with E-state index in [1.807, 2.05) is 13.1 Å². The van der Waals surface area contributed by atoms with E-state index < -0.39 is 0 Å². The topological polar surface area (TPSA) is 43.8 Å². The monoisotopic (exact) mass is 195 g/mol. The third kappa shape index (κ3) is 1.98. The standard InChI is InChI=1S/C11H21N3/c1-7(2)9(4)14-10(5)11(6-13-14)8(3)12/h6-9H,12H2,1-5H3. The molecule has 0 radical (unpaired) electrons. The molecule has 2 N–H and O–H groups in total. The van der Waals surface area contributed by atoms with Crippen LogP contribution in [0, 0.1) is 12.8 Å². The average Bonchev–Trinajstić information content (AvgIpc) is 2.45. The molecule has 14 heavy (non-hydrogen) atoms. The highest BCUT2D eigenvalue weighted by Gasteiger charge is 2.16. The Morgan fingerprint density at radius 1 is 1.29 bits per heavy atom. The van der Waals surface area contributed by atoms with E-state index in [0.29, 0.717) is 12.0 Å². The Kier molecular flexibility index (Phi) is 3.32. The van der Waals surface area contributed by atoms with Crippen LogP contribution in [0.1, 0.15) is 51.0 Å². The van der Waals surface area contributed by atoms with Gasteiger partial charge < -0.3 is 5.73 Å². The van der Waals surface area contributed by atoms with Gasteiger partial charge in [-0.15, -0.1) is 0 Å². The molecular weight excluding hydrogens is 174 g/mol. The fourth-order valence-corrected chi connectivity index (χ4v) is 1.58. The van der Waals surface area contributed by atoms with Crippen molar-refractivity contribution in [2.24, 2.45) is 11.7 Å². The Labute approximate surface area is 86.3 Å². The third-order valence-corrected chi connectivity index (χ3v) is 2.92. The Morgan fingerprint density at radius 3 is 2.21 bits per heavy atom. The number of aromatic nitrogens is 2. The van der Waals surface area contributed by atoms with Crippen LogP contribution in [0.4, 0.5) is 0 Å². The molecule has 0 fully saturated rings. The molecule has 1 aromatic rings. The first-order chi connectivity index (χ1) is 6.45.